The molecule has 6 nitrogen and oxygen atoms in total. The minimum Gasteiger partial charge on any atom is -0.379 e. The van der Waals surface area contributed by atoms with Gasteiger partial charge in [0.1, 0.15) is 0 Å². The highest BCUT2D eigenvalue weighted by atomic mass is 16.5. The third kappa shape index (κ3) is 6.69. The Balaban J connectivity index is 1.65. The Labute approximate surface area is 137 Å². The van der Waals surface area contributed by atoms with E-state index in [1.165, 1.54) is 12.8 Å². The highest BCUT2D eigenvalue weighted by molar-refractivity contribution is 5.94. The van der Waals surface area contributed by atoms with Crippen molar-refractivity contribution in [2.75, 3.05) is 45.7 Å². The molecule has 0 radical (unpaired) electrons. The van der Waals surface area contributed by atoms with Crippen LogP contribution in [0.3, 0.4) is 0 Å². The number of carbonyl (C=O) groups is 1. The van der Waals surface area contributed by atoms with E-state index in [1.807, 2.05) is 42.3 Å². The summed E-state index contributed by atoms with van der Waals surface area (Å²) in [4.78, 5) is 18.1. The van der Waals surface area contributed by atoms with Crippen molar-refractivity contribution in [2.45, 2.75) is 12.8 Å². The van der Waals surface area contributed by atoms with Crippen LogP contribution in [-0.2, 0) is 9.53 Å². The van der Waals surface area contributed by atoms with E-state index in [9.17, 15) is 4.79 Å². The van der Waals surface area contributed by atoms with Crippen molar-refractivity contribution in [3.05, 3.63) is 30.3 Å². The fraction of sp³-hybridized carbons (Fsp3) is 0.529. The first kappa shape index (κ1) is 17.3. The van der Waals surface area contributed by atoms with Crippen LogP contribution in [0, 0.1) is 5.92 Å². The Morgan fingerprint density at radius 3 is 2.74 bits per heavy atom. The third-order valence-electron chi connectivity index (χ3n) is 3.66. The molecule has 1 aromatic carbocycles. The topological polar surface area (TPSA) is 66.0 Å². The lowest BCUT2D eigenvalue weighted by Crippen LogP contribution is -2.43. The van der Waals surface area contributed by atoms with E-state index in [1.54, 1.807) is 7.05 Å². The molecule has 1 aromatic rings. The van der Waals surface area contributed by atoms with Gasteiger partial charge in [0.25, 0.3) is 0 Å². The summed E-state index contributed by atoms with van der Waals surface area (Å²) in [6.07, 6.45) is 2.60. The number of aliphatic imine (C=N–C) groups is 1. The van der Waals surface area contributed by atoms with Gasteiger partial charge in [0.05, 0.1) is 13.2 Å². The number of likely N-dealkylation sites (N-methyl/N-ethyl adjacent to an activating group) is 1. The van der Waals surface area contributed by atoms with Gasteiger partial charge >= 0.3 is 0 Å². The zero-order valence-electron chi connectivity index (χ0n) is 13.9. The molecule has 0 atom stereocenters. The van der Waals surface area contributed by atoms with Crippen molar-refractivity contribution >= 4 is 17.6 Å². The van der Waals surface area contributed by atoms with Gasteiger partial charge in [-0.05, 0) is 30.9 Å². The zero-order valence-corrected chi connectivity index (χ0v) is 13.9. The molecular formula is C17H26N4O2. The number of para-hydroxylation sites is 1. The molecule has 0 aromatic heterocycles. The molecule has 1 aliphatic carbocycles. The molecule has 2 N–H and O–H groups in total. The number of carbonyl (C=O) groups excluding carboxylic acids is 1. The number of hydrogen-bond acceptors (Lipinski definition) is 3. The van der Waals surface area contributed by atoms with Gasteiger partial charge in [0.15, 0.2) is 5.96 Å². The Morgan fingerprint density at radius 2 is 2.09 bits per heavy atom. The number of ether oxygens (including phenoxy) is 1. The average molecular weight is 318 g/mol. The molecule has 1 fully saturated rings. The summed E-state index contributed by atoms with van der Waals surface area (Å²) in [6, 6.07) is 9.40. The lowest BCUT2D eigenvalue weighted by molar-refractivity contribution is -0.115. The van der Waals surface area contributed by atoms with Gasteiger partial charge < -0.3 is 20.3 Å². The molecule has 23 heavy (non-hydrogen) atoms. The molecular weight excluding hydrogens is 292 g/mol. The van der Waals surface area contributed by atoms with Crippen molar-refractivity contribution in [1.82, 2.24) is 10.2 Å². The summed E-state index contributed by atoms with van der Waals surface area (Å²) in [5.41, 5.74) is 0.788. The summed E-state index contributed by atoms with van der Waals surface area (Å²) in [7, 11) is 3.64. The number of benzene rings is 1. The normalized spacial score (nSPS) is 14.4. The highest BCUT2D eigenvalue weighted by Gasteiger charge is 2.21. The van der Waals surface area contributed by atoms with Crippen molar-refractivity contribution in [3.63, 3.8) is 0 Å². The van der Waals surface area contributed by atoms with E-state index in [0.29, 0.717) is 12.6 Å². The molecule has 2 rings (SSSR count). The number of anilines is 1. The summed E-state index contributed by atoms with van der Waals surface area (Å²) in [5.74, 6) is 1.36. The SMILES string of the molecule is CN=C(NCC(=O)Nc1ccccc1)N(C)CCOCC1CC1. The molecule has 0 aliphatic heterocycles. The first-order valence-electron chi connectivity index (χ1n) is 8.03. The van der Waals surface area contributed by atoms with E-state index in [0.717, 1.165) is 24.8 Å². The standard InChI is InChI=1S/C17H26N4O2/c1-18-17(21(2)10-11-23-13-14-8-9-14)19-12-16(22)20-15-6-4-3-5-7-15/h3-7,14H,8-13H2,1-2H3,(H,18,19)(H,20,22). The van der Waals surface area contributed by atoms with Crippen LogP contribution in [0.1, 0.15) is 12.8 Å². The first-order valence-corrected chi connectivity index (χ1v) is 8.03. The van der Waals surface area contributed by atoms with Crippen LogP contribution < -0.4 is 10.6 Å². The minimum absolute atomic E-state index is 0.101. The van der Waals surface area contributed by atoms with Gasteiger partial charge in [-0.3, -0.25) is 9.79 Å². The van der Waals surface area contributed by atoms with Gasteiger partial charge in [0.2, 0.25) is 5.91 Å². The second-order valence-electron chi connectivity index (χ2n) is 5.75. The molecule has 0 saturated heterocycles. The van der Waals surface area contributed by atoms with E-state index in [4.69, 9.17) is 4.74 Å². The molecule has 0 bridgehead atoms. The molecule has 126 valence electrons. The van der Waals surface area contributed by atoms with Crippen LogP contribution in [-0.4, -0.2) is 57.2 Å². The van der Waals surface area contributed by atoms with E-state index in [2.05, 4.69) is 15.6 Å². The summed E-state index contributed by atoms with van der Waals surface area (Å²) in [5, 5.41) is 5.89. The predicted octanol–water partition coefficient (Wildman–Crippen LogP) is 1.56. The molecule has 1 aliphatic rings. The number of amides is 1. The fourth-order valence-electron chi connectivity index (χ4n) is 2.11. The Morgan fingerprint density at radius 1 is 1.35 bits per heavy atom. The van der Waals surface area contributed by atoms with Crippen LogP contribution in [0.15, 0.2) is 35.3 Å². The molecule has 0 spiro atoms. The molecule has 1 amide bonds. The molecule has 0 heterocycles. The van der Waals surface area contributed by atoms with E-state index < -0.39 is 0 Å². The largest absolute Gasteiger partial charge is 0.379 e. The van der Waals surface area contributed by atoms with E-state index in [-0.39, 0.29) is 12.5 Å². The molecule has 1 saturated carbocycles. The molecule has 0 unspecified atom stereocenters. The van der Waals surface area contributed by atoms with Gasteiger partial charge in [-0.25, -0.2) is 0 Å². The van der Waals surface area contributed by atoms with Crippen molar-refractivity contribution < 1.29 is 9.53 Å². The number of rotatable bonds is 8. The van der Waals surface area contributed by atoms with Gasteiger partial charge in [-0.1, -0.05) is 18.2 Å². The van der Waals surface area contributed by atoms with Crippen molar-refractivity contribution in [1.29, 1.82) is 0 Å². The summed E-state index contributed by atoms with van der Waals surface area (Å²) >= 11 is 0. The zero-order chi connectivity index (χ0) is 16.5. The monoisotopic (exact) mass is 318 g/mol. The summed E-state index contributed by atoms with van der Waals surface area (Å²) in [6.45, 7) is 2.45. The lowest BCUT2D eigenvalue weighted by Gasteiger charge is -2.21. The smallest absolute Gasteiger partial charge is 0.243 e. The van der Waals surface area contributed by atoms with Crippen LogP contribution in [0.25, 0.3) is 0 Å². The Kier molecular flexibility index (Phi) is 6.87. The van der Waals surface area contributed by atoms with Crippen molar-refractivity contribution in [3.8, 4) is 0 Å². The van der Waals surface area contributed by atoms with Gasteiger partial charge in [-0.15, -0.1) is 0 Å². The second-order valence-corrected chi connectivity index (χ2v) is 5.75. The quantitative estimate of drug-likeness (QED) is 0.434. The maximum Gasteiger partial charge on any atom is 0.243 e. The minimum atomic E-state index is -0.101. The van der Waals surface area contributed by atoms with Crippen LogP contribution in [0.2, 0.25) is 0 Å². The maximum atomic E-state index is 11.9. The predicted molar refractivity (Wildman–Crippen MR) is 92.6 cm³/mol. The Hall–Kier alpha value is -2.08. The number of nitrogens with zero attached hydrogens (tertiary/aromatic N) is 2. The maximum absolute atomic E-state index is 11.9. The fourth-order valence-corrected chi connectivity index (χ4v) is 2.11. The number of nitrogens with one attached hydrogen (secondary N) is 2. The van der Waals surface area contributed by atoms with Crippen molar-refractivity contribution in [2.24, 2.45) is 10.9 Å². The van der Waals surface area contributed by atoms with Gasteiger partial charge in [-0.2, -0.15) is 0 Å². The van der Waals surface area contributed by atoms with Crippen LogP contribution in [0.4, 0.5) is 5.69 Å². The van der Waals surface area contributed by atoms with Crippen LogP contribution in [0.5, 0.6) is 0 Å². The van der Waals surface area contributed by atoms with Crippen LogP contribution >= 0.6 is 0 Å². The number of hydrogen-bond donors (Lipinski definition) is 2. The third-order valence-corrected chi connectivity index (χ3v) is 3.66. The first-order chi connectivity index (χ1) is 11.2. The molecule has 6 heteroatoms. The highest BCUT2D eigenvalue weighted by Crippen LogP contribution is 2.28. The average Bonchev–Trinajstić information content (AvgIpc) is 3.37. The van der Waals surface area contributed by atoms with Gasteiger partial charge in [0, 0.05) is 32.9 Å². The lowest BCUT2D eigenvalue weighted by atomic mass is 10.3. The van der Waals surface area contributed by atoms with E-state index >= 15 is 0 Å². The number of guanidine groups is 1. The second kappa shape index (κ2) is 9.15. The Bertz CT molecular complexity index is 515. The summed E-state index contributed by atoms with van der Waals surface area (Å²) < 4.78 is 5.62.